The van der Waals surface area contributed by atoms with Gasteiger partial charge >= 0.3 is 12.0 Å². The monoisotopic (exact) mass is 578 g/mol. The van der Waals surface area contributed by atoms with Crippen LogP contribution in [0.5, 0.6) is 0 Å². The van der Waals surface area contributed by atoms with Crippen LogP contribution in [0.2, 0.25) is 0 Å². The van der Waals surface area contributed by atoms with E-state index in [1.807, 2.05) is 30.3 Å². The molecular formula is C28H30N6O8. The Morgan fingerprint density at radius 2 is 1.71 bits per heavy atom. The van der Waals surface area contributed by atoms with Crippen molar-refractivity contribution in [2.24, 2.45) is 0 Å². The van der Waals surface area contributed by atoms with Gasteiger partial charge < -0.3 is 20.5 Å². The van der Waals surface area contributed by atoms with Gasteiger partial charge in [-0.05, 0) is 42.7 Å². The van der Waals surface area contributed by atoms with Crippen molar-refractivity contribution in [1.82, 2.24) is 25.8 Å². The SMILES string of the molecule is O=CC(CC(=O)O)NC(=O)C1CCCN2C(=O)CCN(NC(=O)c3ccc(NC(=O)Cc4ccccc4)cc3)C(=O)N12. The fraction of sp³-hybridized carbons (Fsp3) is 0.321. The molecule has 2 atom stereocenters. The van der Waals surface area contributed by atoms with Crippen molar-refractivity contribution in [2.75, 3.05) is 18.4 Å². The topological polar surface area (TPSA) is 186 Å². The molecule has 42 heavy (non-hydrogen) atoms. The van der Waals surface area contributed by atoms with Gasteiger partial charge in [0.15, 0.2) is 0 Å². The highest BCUT2D eigenvalue weighted by Gasteiger charge is 2.44. The van der Waals surface area contributed by atoms with Crippen LogP contribution in [0.3, 0.4) is 0 Å². The number of benzene rings is 2. The van der Waals surface area contributed by atoms with Crippen LogP contribution in [0, 0.1) is 0 Å². The molecule has 2 fully saturated rings. The first-order valence-electron chi connectivity index (χ1n) is 13.3. The Morgan fingerprint density at radius 3 is 2.38 bits per heavy atom. The maximum Gasteiger partial charge on any atom is 0.358 e. The predicted molar refractivity (Wildman–Crippen MR) is 146 cm³/mol. The summed E-state index contributed by atoms with van der Waals surface area (Å²) in [5.41, 5.74) is 3.97. The summed E-state index contributed by atoms with van der Waals surface area (Å²) >= 11 is 0. The Hall–Kier alpha value is -5.27. The summed E-state index contributed by atoms with van der Waals surface area (Å²) in [6.07, 6.45) is 0.239. The van der Waals surface area contributed by atoms with Gasteiger partial charge in [0.25, 0.3) is 5.91 Å². The van der Waals surface area contributed by atoms with E-state index >= 15 is 0 Å². The number of urea groups is 1. The van der Waals surface area contributed by atoms with E-state index in [9.17, 15) is 33.6 Å². The second-order valence-electron chi connectivity index (χ2n) is 9.78. The van der Waals surface area contributed by atoms with Gasteiger partial charge in [0, 0.05) is 24.2 Å². The van der Waals surface area contributed by atoms with Crippen molar-refractivity contribution >= 4 is 47.6 Å². The molecule has 0 bridgehead atoms. The van der Waals surface area contributed by atoms with E-state index in [1.165, 1.54) is 12.1 Å². The molecule has 2 aromatic rings. The molecule has 2 aromatic carbocycles. The van der Waals surface area contributed by atoms with Gasteiger partial charge in [0.05, 0.1) is 25.4 Å². The lowest BCUT2D eigenvalue weighted by Crippen LogP contribution is -2.64. The van der Waals surface area contributed by atoms with Gasteiger partial charge in [0.1, 0.15) is 12.3 Å². The van der Waals surface area contributed by atoms with Gasteiger partial charge in [-0.15, -0.1) is 0 Å². The van der Waals surface area contributed by atoms with E-state index in [4.69, 9.17) is 5.11 Å². The molecule has 2 heterocycles. The Labute approximate surface area is 240 Å². The molecule has 0 aliphatic carbocycles. The van der Waals surface area contributed by atoms with Crippen LogP contribution in [-0.2, 0) is 30.4 Å². The third-order valence-corrected chi connectivity index (χ3v) is 6.73. The smallest absolute Gasteiger partial charge is 0.358 e. The molecule has 2 unspecified atom stereocenters. The summed E-state index contributed by atoms with van der Waals surface area (Å²) in [6.45, 7) is 0.00811. The Balaban J connectivity index is 1.42. The number of rotatable bonds is 10. The van der Waals surface area contributed by atoms with E-state index in [-0.39, 0.29) is 50.1 Å². The largest absolute Gasteiger partial charge is 0.481 e. The number of carbonyl (C=O) groups is 7. The van der Waals surface area contributed by atoms with Crippen LogP contribution in [0.15, 0.2) is 54.6 Å². The molecule has 2 aliphatic heterocycles. The molecule has 2 saturated heterocycles. The number of carbonyl (C=O) groups excluding carboxylic acids is 6. The first-order valence-corrected chi connectivity index (χ1v) is 13.3. The van der Waals surface area contributed by atoms with Crippen molar-refractivity contribution in [3.8, 4) is 0 Å². The summed E-state index contributed by atoms with van der Waals surface area (Å²) in [5, 5.41) is 17.1. The van der Waals surface area contributed by atoms with Gasteiger partial charge in [-0.25, -0.2) is 19.8 Å². The van der Waals surface area contributed by atoms with Crippen LogP contribution in [0.25, 0.3) is 0 Å². The molecule has 0 aromatic heterocycles. The fourth-order valence-electron chi connectivity index (χ4n) is 4.69. The van der Waals surface area contributed by atoms with Gasteiger partial charge in [0.2, 0.25) is 17.7 Å². The highest BCUT2D eigenvalue weighted by atomic mass is 16.4. The number of carboxylic acids is 1. The Kier molecular flexibility index (Phi) is 9.47. The summed E-state index contributed by atoms with van der Waals surface area (Å²) < 4.78 is 0. The molecule has 4 N–H and O–H groups in total. The summed E-state index contributed by atoms with van der Waals surface area (Å²) in [5.74, 6) is -3.42. The third kappa shape index (κ3) is 7.27. The van der Waals surface area contributed by atoms with E-state index in [0.717, 1.165) is 20.6 Å². The van der Waals surface area contributed by atoms with Crippen molar-refractivity contribution in [2.45, 2.75) is 44.2 Å². The second-order valence-corrected chi connectivity index (χ2v) is 9.78. The lowest BCUT2D eigenvalue weighted by atomic mass is 10.1. The maximum atomic E-state index is 13.5. The number of nitrogens with one attached hydrogen (secondary N) is 3. The summed E-state index contributed by atoms with van der Waals surface area (Å²) in [4.78, 5) is 86.9. The van der Waals surface area contributed by atoms with Crippen LogP contribution in [0.4, 0.5) is 10.5 Å². The normalized spacial score (nSPS) is 17.4. The van der Waals surface area contributed by atoms with Crippen molar-refractivity contribution in [3.05, 3.63) is 65.7 Å². The molecule has 14 nitrogen and oxygen atoms in total. The average Bonchev–Trinajstić information content (AvgIpc) is 3.09. The number of hydrogen-bond donors (Lipinski definition) is 4. The van der Waals surface area contributed by atoms with Gasteiger partial charge in [-0.2, -0.15) is 0 Å². The van der Waals surface area contributed by atoms with E-state index in [0.29, 0.717) is 12.1 Å². The minimum absolute atomic E-state index is 0.126. The minimum Gasteiger partial charge on any atom is -0.481 e. The molecule has 0 spiro atoms. The van der Waals surface area contributed by atoms with Crippen LogP contribution >= 0.6 is 0 Å². The predicted octanol–water partition coefficient (Wildman–Crippen LogP) is 0.705. The van der Waals surface area contributed by atoms with Crippen LogP contribution < -0.4 is 16.1 Å². The number of carboxylic acid groups (broad SMARTS) is 1. The second kappa shape index (κ2) is 13.4. The zero-order valence-corrected chi connectivity index (χ0v) is 22.5. The minimum atomic E-state index is -1.31. The molecular weight excluding hydrogens is 548 g/mol. The average molecular weight is 579 g/mol. The van der Waals surface area contributed by atoms with Crippen molar-refractivity contribution < 1.29 is 38.7 Å². The van der Waals surface area contributed by atoms with E-state index in [1.54, 1.807) is 12.1 Å². The lowest BCUT2D eigenvalue weighted by molar-refractivity contribution is -0.155. The van der Waals surface area contributed by atoms with Crippen molar-refractivity contribution in [3.63, 3.8) is 0 Å². The number of hydrogen-bond acceptors (Lipinski definition) is 7. The summed E-state index contributed by atoms with van der Waals surface area (Å²) in [7, 11) is 0. The van der Waals surface area contributed by atoms with Crippen LogP contribution in [-0.4, -0.2) is 87.2 Å². The highest BCUT2D eigenvalue weighted by molar-refractivity contribution is 5.98. The molecule has 0 radical (unpaired) electrons. The molecule has 14 heteroatoms. The zero-order valence-electron chi connectivity index (χ0n) is 22.5. The highest BCUT2D eigenvalue weighted by Crippen LogP contribution is 2.24. The number of fused-ring (bicyclic) bond motifs is 1. The lowest BCUT2D eigenvalue weighted by Gasteiger charge is -2.42. The molecule has 0 saturated carbocycles. The van der Waals surface area contributed by atoms with Crippen molar-refractivity contribution in [1.29, 1.82) is 0 Å². The molecule has 2 aliphatic rings. The molecule has 4 rings (SSSR count). The Bertz CT molecular complexity index is 1370. The third-order valence-electron chi connectivity index (χ3n) is 6.73. The molecule has 220 valence electrons. The standard InChI is InChI=1S/C28H30N6O8/c35-17-21(16-25(38)39)30-27(41)22-7-4-13-33-24(37)12-14-32(28(42)34(22)33)31-26(40)19-8-10-20(11-9-19)29-23(36)15-18-5-2-1-3-6-18/h1-3,5-6,8-11,17,21-22H,4,7,12-16H2,(H,29,36)(H,30,41)(H,31,40)(H,38,39). The number of aldehydes is 1. The zero-order chi connectivity index (χ0) is 30.2. The van der Waals surface area contributed by atoms with Gasteiger partial charge in [-0.3, -0.25) is 29.4 Å². The summed E-state index contributed by atoms with van der Waals surface area (Å²) in [6, 6.07) is 11.9. The first-order chi connectivity index (χ1) is 20.2. The van der Waals surface area contributed by atoms with Gasteiger partial charge in [-0.1, -0.05) is 30.3 Å². The first kappa shape index (κ1) is 29.7. The quantitative estimate of drug-likeness (QED) is 0.297. The van der Waals surface area contributed by atoms with E-state index in [2.05, 4.69) is 16.1 Å². The number of nitrogens with zero attached hydrogens (tertiary/aromatic N) is 3. The fourth-order valence-corrected chi connectivity index (χ4v) is 4.69. The van der Waals surface area contributed by atoms with Crippen LogP contribution in [0.1, 0.15) is 41.6 Å². The van der Waals surface area contributed by atoms with E-state index < -0.39 is 48.2 Å². The number of aliphatic carboxylic acids is 1. The molecule has 6 amide bonds. The Morgan fingerprint density at radius 1 is 1.00 bits per heavy atom. The maximum absolute atomic E-state index is 13.5. The number of anilines is 1. The number of amides is 6. The number of hydrazine groups is 2.